The van der Waals surface area contributed by atoms with Gasteiger partial charge in [-0.3, -0.25) is 9.69 Å². The van der Waals surface area contributed by atoms with Gasteiger partial charge in [0.2, 0.25) is 0 Å². The first kappa shape index (κ1) is 22.7. The molecule has 4 heteroatoms. The predicted octanol–water partition coefficient (Wildman–Crippen LogP) is 6.02. The minimum absolute atomic E-state index is 0.0702. The molecule has 3 nitrogen and oxygen atoms in total. The number of aldehydes is 1. The van der Waals surface area contributed by atoms with Crippen LogP contribution in [-0.2, 0) is 6.54 Å². The van der Waals surface area contributed by atoms with E-state index in [0.29, 0.717) is 17.2 Å². The molecule has 0 aromatic heterocycles. The van der Waals surface area contributed by atoms with Gasteiger partial charge in [0.05, 0.1) is 7.11 Å². The minimum Gasteiger partial charge on any atom is -0.497 e. The van der Waals surface area contributed by atoms with Gasteiger partial charge in [0.25, 0.3) is 0 Å². The number of hydrogen-bond donors (Lipinski definition) is 0. The summed E-state index contributed by atoms with van der Waals surface area (Å²) in [7, 11) is 1.57. The Balaban J connectivity index is 0.000000229. The second-order valence-corrected chi connectivity index (χ2v) is 7.88. The van der Waals surface area contributed by atoms with Gasteiger partial charge >= 0.3 is 0 Å². The summed E-state index contributed by atoms with van der Waals surface area (Å²) in [4.78, 5) is 12.7. The van der Waals surface area contributed by atoms with Crippen molar-refractivity contribution in [2.75, 3.05) is 20.2 Å². The summed E-state index contributed by atoms with van der Waals surface area (Å²) in [6.45, 7) is 5.11. The highest BCUT2D eigenvalue weighted by molar-refractivity contribution is 5.75. The highest BCUT2D eigenvalue weighted by atomic mass is 19.1. The first-order valence-corrected chi connectivity index (χ1v) is 10.7. The number of hydrogen-bond acceptors (Lipinski definition) is 3. The molecule has 0 spiro atoms. The van der Waals surface area contributed by atoms with Crippen molar-refractivity contribution in [2.24, 2.45) is 0 Å². The van der Waals surface area contributed by atoms with Crippen LogP contribution in [0.25, 0.3) is 0 Å². The van der Waals surface area contributed by atoms with Gasteiger partial charge in [0, 0.05) is 12.1 Å². The van der Waals surface area contributed by atoms with Crippen molar-refractivity contribution in [1.29, 1.82) is 0 Å². The van der Waals surface area contributed by atoms with Crippen LogP contribution in [0, 0.1) is 12.7 Å². The number of benzene rings is 3. The molecule has 0 bridgehead atoms. The van der Waals surface area contributed by atoms with E-state index in [2.05, 4.69) is 41.3 Å². The topological polar surface area (TPSA) is 29.5 Å². The maximum absolute atomic E-state index is 13.7. The normalized spacial score (nSPS) is 14.4. The number of rotatable bonds is 5. The number of halogens is 1. The van der Waals surface area contributed by atoms with Gasteiger partial charge in [-0.15, -0.1) is 0 Å². The lowest BCUT2D eigenvalue weighted by Crippen LogP contribution is -2.32. The summed E-state index contributed by atoms with van der Waals surface area (Å²) in [6.07, 6.45) is 3.04. The van der Waals surface area contributed by atoms with E-state index in [9.17, 15) is 9.18 Å². The zero-order chi connectivity index (χ0) is 22.1. The van der Waals surface area contributed by atoms with Gasteiger partial charge < -0.3 is 4.74 Å². The number of carbonyl (C=O) groups excluding carboxylic acids is 1. The summed E-state index contributed by atoms with van der Waals surface area (Å²) >= 11 is 0. The number of piperidine rings is 1. The van der Waals surface area contributed by atoms with E-state index in [0.717, 1.165) is 44.3 Å². The van der Waals surface area contributed by atoms with Gasteiger partial charge in [-0.25, -0.2) is 4.39 Å². The predicted molar refractivity (Wildman–Crippen MR) is 123 cm³/mol. The highest BCUT2D eigenvalue weighted by Crippen LogP contribution is 2.31. The Bertz CT molecular complexity index is 966. The fraction of sp³-hybridized carbons (Fsp3) is 0.296. The lowest BCUT2D eigenvalue weighted by atomic mass is 9.86. The Kier molecular flexibility index (Phi) is 8.36. The van der Waals surface area contributed by atoms with Crippen molar-refractivity contribution in [3.8, 4) is 5.75 Å². The molecule has 1 saturated heterocycles. The number of ether oxygens (including phenoxy) is 1. The Morgan fingerprint density at radius 3 is 2.39 bits per heavy atom. The van der Waals surface area contributed by atoms with Crippen molar-refractivity contribution in [1.82, 2.24) is 4.90 Å². The molecule has 0 radical (unpaired) electrons. The Hall–Kier alpha value is -2.98. The first-order chi connectivity index (χ1) is 15.1. The van der Waals surface area contributed by atoms with Crippen LogP contribution in [-0.4, -0.2) is 31.4 Å². The fourth-order valence-corrected chi connectivity index (χ4v) is 4.02. The standard InChI is InChI=1S/C19H22FN.C8H8O2/c1-15-18(8-5-9-19(15)20)17-10-12-21(13-11-17)14-16-6-3-2-4-7-16;1-10-8-4-2-3-7(5-8)6-9/h2-9,17H,10-14H2,1H3;2-6H,1H3. The molecule has 0 saturated carbocycles. The molecule has 4 rings (SSSR count). The van der Waals surface area contributed by atoms with Crippen molar-refractivity contribution in [2.45, 2.75) is 32.2 Å². The third-order valence-corrected chi connectivity index (χ3v) is 5.82. The molecule has 1 fully saturated rings. The number of likely N-dealkylation sites (tertiary alicyclic amines) is 1. The van der Waals surface area contributed by atoms with Gasteiger partial charge in [0.1, 0.15) is 17.9 Å². The minimum atomic E-state index is -0.0702. The van der Waals surface area contributed by atoms with Crippen LogP contribution < -0.4 is 4.74 Å². The monoisotopic (exact) mass is 419 g/mol. The van der Waals surface area contributed by atoms with Crippen LogP contribution in [0.4, 0.5) is 4.39 Å². The van der Waals surface area contributed by atoms with E-state index < -0.39 is 0 Å². The lowest BCUT2D eigenvalue weighted by molar-refractivity contribution is 0.112. The second-order valence-electron chi connectivity index (χ2n) is 7.88. The van der Waals surface area contributed by atoms with Crippen LogP contribution in [0.15, 0.2) is 72.8 Å². The Morgan fingerprint density at radius 2 is 1.71 bits per heavy atom. The zero-order valence-corrected chi connectivity index (χ0v) is 18.3. The van der Waals surface area contributed by atoms with E-state index in [1.165, 1.54) is 11.1 Å². The van der Waals surface area contributed by atoms with Crippen molar-refractivity contribution >= 4 is 6.29 Å². The SMILES string of the molecule is COc1cccc(C=O)c1.Cc1c(F)cccc1C1CCN(Cc2ccccc2)CC1. The van der Waals surface area contributed by atoms with Crippen LogP contribution in [0.1, 0.15) is 45.8 Å². The molecule has 0 unspecified atom stereocenters. The van der Waals surface area contributed by atoms with E-state index in [1.54, 1.807) is 37.4 Å². The molecule has 31 heavy (non-hydrogen) atoms. The Labute approximate surface area is 184 Å². The maximum Gasteiger partial charge on any atom is 0.150 e. The summed E-state index contributed by atoms with van der Waals surface area (Å²) in [5.41, 5.74) is 4.05. The van der Waals surface area contributed by atoms with Gasteiger partial charge in [0.15, 0.2) is 0 Å². The number of methoxy groups -OCH3 is 1. The molecule has 1 aliphatic rings. The van der Waals surface area contributed by atoms with Gasteiger partial charge in [-0.05, 0) is 73.7 Å². The quantitative estimate of drug-likeness (QED) is 0.474. The summed E-state index contributed by atoms with van der Waals surface area (Å²) < 4.78 is 18.6. The van der Waals surface area contributed by atoms with Crippen LogP contribution in [0.5, 0.6) is 5.75 Å². The number of nitrogens with zero attached hydrogens (tertiary/aromatic N) is 1. The van der Waals surface area contributed by atoms with Crippen LogP contribution >= 0.6 is 0 Å². The third kappa shape index (κ3) is 6.50. The number of carbonyl (C=O) groups is 1. The largest absolute Gasteiger partial charge is 0.497 e. The summed E-state index contributed by atoms with van der Waals surface area (Å²) in [5.74, 6) is 1.15. The fourth-order valence-electron chi connectivity index (χ4n) is 4.02. The molecular formula is C27H30FNO2. The highest BCUT2D eigenvalue weighted by Gasteiger charge is 2.22. The van der Waals surface area contributed by atoms with Gasteiger partial charge in [-0.2, -0.15) is 0 Å². The van der Waals surface area contributed by atoms with E-state index >= 15 is 0 Å². The summed E-state index contributed by atoms with van der Waals surface area (Å²) in [6, 6.07) is 23.1. The first-order valence-electron chi connectivity index (χ1n) is 10.7. The van der Waals surface area contributed by atoms with Crippen molar-refractivity contribution in [3.05, 3.63) is 101 Å². The lowest BCUT2D eigenvalue weighted by Gasteiger charge is -2.32. The zero-order valence-electron chi connectivity index (χ0n) is 18.3. The van der Waals surface area contributed by atoms with E-state index in [-0.39, 0.29) is 5.82 Å². The second kappa shape index (κ2) is 11.4. The molecule has 0 atom stereocenters. The van der Waals surface area contributed by atoms with Crippen LogP contribution in [0.3, 0.4) is 0 Å². The van der Waals surface area contributed by atoms with Crippen molar-refractivity contribution < 1.29 is 13.9 Å². The van der Waals surface area contributed by atoms with Crippen LogP contribution in [0.2, 0.25) is 0 Å². The molecule has 0 aliphatic carbocycles. The van der Waals surface area contributed by atoms with Gasteiger partial charge in [-0.1, -0.05) is 54.6 Å². The Morgan fingerprint density at radius 1 is 1.00 bits per heavy atom. The maximum atomic E-state index is 13.7. The average molecular weight is 420 g/mol. The molecular weight excluding hydrogens is 389 g/mol. The molecule has 1 heterocycles. The average Bonchev–Trinajstić information content (AvgIpc) is 2.82. The van der Waals surface area contributed by atoms with E-state index in [4.69, 9.17) is 4.74 Å². The smallest absolute Gasteiger partial charge is 0.150 e. The third-order valence-electron chi connectivity index (χ3n) is 5.82. The molecule has 162 valence electrons. The molecule has 3 aromatic carbocycles. The van der Waals surface area contributed by atoms with Crippen molar-refractivity contribution in [3.63, 3.8) is 0 Å². The molecule has 3 aromatic rings. The molecule has 0 N–H and O–H groups in total. The molecule has 1 aliphatic heterocycles. The molecule has 0 amide bonds. The summed E-state index contributed by atoms with van der Waals surface area (Å²) in [5, 5.41) is 0. The van der Waals surface area contributed by atoms with E-state index in [1.807, 2.05) is 13.0 Å².